The Bertz CT molecular complexity index is 1010. The number of anilines is 1. The monoisotopic (exact) mass is 434 g/mol. The fourth-order valence-electron chi connectivity index (χ4n) is 3.67. The average molecular weight is 435 g/mol. The van der Waals surface area contributed by atoms with Gasteiger partial charge in [-0.05, 0) is 51.3 Å². The van der Waals surface area contributed by atoms with Gasteiger partial charge in [0.25, 0.3) is 0 Å². The van der Waals surface area contributed by atoms with Crippen LogP contribution in [0, 0.1) is 12.8 Å². The topological polar surface area (TPSA) is 101 Å². The standard InChI is InChI=1S/C21H30N4O4S/c1-4-29-12-6-10-22-20(26)16-7-5-11-25(14-16)21-23-15(2)18-9-8-17(30(3,27)28)13-19(18)24-21/h8-9,13,16H,4-7,10-12,14H2,1-3H3,(H,22,26)/t16-/m1/s1. The first kappa shape index (κ1) is 22.4. The molecule has 30 heavy (non-hydrogen) atoms. The number of nitrogens with one attached hydrogen (secondary N) is 1. The molecule has 1 aliphatic rings. The van der Waals surface area contributed by atoms with Crippen LogP contribution in [0.3, 0.4) is 0 Å². The van der Waals surface area contributed by atoms with Crippen LogP contribution in [0.4, 0.5) is 5.95 Å². The molecule has 2 heterocycles. The molecule has 1 saturated heterocycles. The number of hydrogen-bond donors (Lipinski definition) is 1. The number of nitrogens with zero attached hydrogens (tertiary/aromatic N) is 3. The van der Waals surface area contributed by atoms with Crippen LogP contribution in [0.2, 0.25) is 0 Å². The molecule has 3 rings (SSSR count). The van der Waals surface area contributed by atoms with Gasteiger partial charge in [-0.15, -0.1) is 0 Å². The van der Waals surface area contributed by atoms with Crippen molar-refractivity contribution in [3.05, 3.63) is 23.9 Å². The van der Waals surface area contributed by atoms with E-state index in [0.717, 1.165) is 36.9 Å². The third-order valence-electron chi connectivity index (χ3n) is 5.32. The van der Waals surface area contributed by atoms with Crippen LogP contribution in [0.25, 0.3) is 10.9 Å². The van der Waals surface area contributed by atoms with E-state index in [1.165, 1.54) is 6.26 Å². The zero-order valence-corrected chi connectivity index (χ0v) is 18.7. The van der Waals surface area contributed by atoms with Gasteiger partial charge < -0.3 is 15.0 Å². The number of carbonyl (C=O) groups excluding carboxylic acids is 1. The van der Waals surface area contributed by atoms with Crippen LogP contribution >= 0.6 is 0 Å². The van der Waals surface area contributed by atoms with Gasteiger partial charge in [0, 0.05) is 44.5 Å². The molecule has 1 aromatic carbocycles. The molecule has 164 valence electrons. The molecule has 1 fully saturated rings. The molecule has 0 saturated carbocycles. The van der Waals surface area contributed by atoms with Gasteiger partial charge in [0.15, 0.2) is 9.84 Å². The predicted octanol–water partition coefficient (Wildman–Crippen LogP) is 2.10. The van der Waals surface area contributed by atoms with E-state index in [1.54, 1.807) is 18.2 Å². The quantitative estimate of drug-likeness (QED) is 0.635. The summed E-state index contributed by atoms with van der Waals surface area (Å²) in [6.45, 7) is 7.09. The highest BCUT2D eigenvalue weighted by Crippen LogP contribution is 2.25. The van der Waals surface area contributed by atoms with Crippen molar-refractivity contribution in [2.45, 2.75) is 38.0 Å². The van der Waals surface area contributed by atoms with Crippen molar-refractivity contribution in [2.24, 2.45) is 5.92 Å². The number of ether oxygens (including phenoxy) is 1. The fraction of sp³-hybridized carbons (Fsp3) is 0.571. The summed E-state index contributed by atoms with van der Waals surface area (Å²) in [6.07, 6.45) is 3.69. The van der Waals surface area contributed by atoms with E-state index in [4.69, 9.17) is 4.74 Å². The van der Waals surface area contributed by atoms with E-state index in [9.17, 15) is 13.2 Å². The van der Waals surface area contributed by atoms with Crippen molar-refractivity contribution in [1.82, 2.24) is 15.3 Å². The van der Waals surface area contributed by atoms with Crippen molar-refractivity contribution in [3.8, 4) is 0 Å². The van der Waals surface area contributed by atoms with Crippen LogP contribution in [0.5, 0.6) is 0 Å². The van der Waals surface area contributed by atoms with E-state index in [1.807, 2.05) is 18.7 Å². The number of piperidine rings is 1. The molecule has 0 aliphatic carbocycles. The molecule has 0 radical (unpaired) electrons. The molecule has 0 unspecified atom stereocenters. The summed E-state index contributed by atoms with van der Waals surface area (Å²) in [5.74, 6) is 0.473. The third-order valence-corrected chi connectivity index (χ3v) is 6.43. The lowest BCUT2D eigenvalue weighted by molar-refractivity contribution is -0.125. The van der Waals surface area contributed by atoms with Crippen LogP contribution in [-0.4, -0.2) is 63.4 Å². The minimum absolute atomic E-state index is 0.0491. The Hall–Kier alpha value is -2.26. The Morgan fingerprint density at radius 2 is 2.13 bits per heavy atom. The van der Waals surface area contributed by atoms with Gasteiger partial charge in [0.05, 0.1) is 22.0 Å². The largest absolute Gasteiger partial charge is 0.382 e. The highest BCUT2D eigenvalue weighted by molar-refractivity contribution is 7.90. The minimum atomic E-state index is -3.32. The number of aromatic nitrogens is 2. The van der Waals surface area contributed by atoms with Gasteiger partial charge >= 0.3 is 0 Å². The van der Waals surface area contributed by atoms with Crippen molar-refractivity contribution in [3.63, 3.8) is 0 Å². The second-order valence-electron chi connectivity index (χ2n) is 7.69. The number of hydrogen-bond acceptors (Lipinski definition) is 7. The number of sulfone groups is 1. The molecule has 1 amide bonds. The number of fused-ring (bicyclic) bond motifs is 1. The zero-order chi connectivity index (χ0) is 21.7. The molecular formula is C21H30N4O4S. The predicted molar refractivity (Wildman–Crippen MR) is 116 cm³/mol. The van der Waals surface area contributed by atoms with Gasteiger partial charge in [0.1, 0.15) is 0 Å². The maximum atomic E-state index is 12.6. The maximum absolute atomic E-state index is 12.6. The third kappa shape index (κ3) is 5.46. The van der Waals surface area contributed by atoms with E-state index < -0.39 is 9.84 Å². The van der Waals surface area contributed by atoms with E-state index in [2.05, 4.69) is 15.3 Å². The number of amides is 1. The number of rotatable bonds is 8. The molecular weight excluding hydrogens is 404 g/mol. The molecule has 2 aromatic rings. The Morgan fingerprint density at radius 3 is 2.87 bits per heavy atom. The Labute approximate surface area is 178 Å². The SMILES string of the molecule is CCOCCCNC(=O)[C@@H]1CCCN(c2nc(C)c3ccc(S(C)(=O)=O)cc3n2)C1. The highest BCUT2D eigenvalue weighted by atomic mass is 32.2. The second kappa shape index (κ2) is 9.70. The molecule has 8 nitrogen and oxygen atoms in total. The van der Waals surface area contributed by atoms with Crippen LogP contribution in [0.1, 0.15) is 31.9 Å². The smallest absolute Gasteiger partial charge is 0.226 e. The molecule has 1 aliphatic heterocycles. The fourth-order valence-corrected chi connectivity index (χ4v) is 4.31. The molecule has 1 aromatic heterocycles. The summed E-state index contributed by atoms with van der Waals surface area (Å²) in [5.41, 5.74) is 1.39. The first-order valence-electron chi connectivity index (χ1n) is 10.4. The number of carbonyl (C=O) groups is 1. The normalized spacial score (nSPS) is 17.3. The van der Waals surface area contributed by atoms with Crippen molar-refractivity contribution < 1.29 is 17.9 Å². The summed E-state index contributed by atoms with van der Waals surface area (Å²) < 4.78 is 29.1. The van der Waals surface area contributed by atoms with Crippen molar-refractivity contribution >= 4 is 32.6 Å². The second-order valence-corrected chi connectivity index (χ2v) is 9.70. The van der Waals surface area contributed by atoms with E-state index >= 15 is 0 Å². The molecule has 0 bridgehead atoms. The van der Waals surface area contributed by atoms with Crippen LogP contribution in [-0.2, 0) is 19.4 Å². The minimum Gasteiger partial charge on any atom is -0.382 e. The van der Waals surface area contributed by atoms with Gasteiger partial charge in [-0.2, -0.15) is 0 Å². The van der Waals surface area contributed by atoms with Gasteiger partial charge in [0.2, 0.25) is 11.9 Å². The maximum Gasteiger partial charge on any atom is 0.226 e. The average Bonchev–Trinajstić information content (AvgIpc) is 2.72. The molecule has 0 spiro atoms. The van der Waals surface area contributed by atoms with E-state index in [0.29, 0.717) is 37.8 Å². The Morgan fingerprint density at radius 1 is 1.33 bits per heavy atom. The summed E-state index contributed by atoms with van der Waals surface area (Å²) >= 11 is 0. The van der Waals surface area contributed by atoms with Crippen molar-refractivity contribution in [2.75, 3.05) is 44.0 Å². The molecule has 9 heteroatoms. The summed E-state index contributed by atoms with van der Waals surface area (Å²) in [5, 5.41) is 3.82. The Balaban J connectivity index is 1.73. The van der Waals surface area contributed by atoms with Gasteiger partial charge in [-0.1, -0.05) is 0 Å². The summed E-state index contributed by atoms with van der Waals surface area (Å²) in [6, 6.07) is 4.93. The summed E-state index contributed by atoms with van der Waals surface area (Å²) in [7, 11) is -3.32. The highest BCUT2D eigenvalue weighted by Gasteiger charge is 2.27. The van der Waals surface area contributed by atoms with Crippen molar-refractivity contribution in [1.29, 1.82) is 0 Å². The van der Waals surface area contributed by atoms with Gasteiger partial charge in [-0.3, -0.25) is 4.79 Å². The Kier molecular flexibility index (Phi) is 7.25. The molecule has 1 N–H and O–H groups in total. The number of benzene rings is 1. The van der Waals surface area contributed by atoms with E-state index in [-0.39, 0.29) is 16.7 Å². The van der Waals surface area contributed by atoms with Gasteiger partial charge in [-0.25, -0.2) is 18.4 Å². The molecule has 1 atom stereocenters. The number of aryl methyl sites for hydroxylation is 1. The first-order valence-corrected chi connectivity index (χ1v) is 12.3. The zero-order valence-electron chi connectivity index (χ0n) is 17.8. The lowest BCUT2D eigenvalue weighted by Gasteiger charge is -2.32. The summed E-state index contributed by atoms with van der Waals surface area (Å²) in [4.78, 5) is 24.1. The lowest BCUT2D eigenvalue weighted by atomic mass is 9.97. The lowest BCUT2D eigenvalue weighted by Crippen LogP contribution is -2.44. The first-order chi connectivity index (χ1) is 14.3. The van der Waals surface area contributed by atoms with Crippen LogP contribution < -0.4 is 10.2 Å². The van der Waals surface area contributed by atoms with Crippen LogP contribution in [0.15, 0.2) is 23.1 Å².